The van der Waals surface area contributed by atoms with Crippen molar-refractivity contribution in [2.45, 2.75) is 4.90 Å². The zero-order valence-electron chi connectivity index (χ0n) is 17.2. The van der Waals surface area contributed by atoms with Crippen molar-refractivity contribution in [3.63, 3.8) is 0 Å². The van der Waals surface area contributed by atoms with Gasteiger partial charge in [0.2, 0.25) is 0 Å². The molecule has 12 nitrogen and oxygen atoms in total. The number of benzene rings is 2. The van der Waals surface area contributed by atoms with Gasteiger partial charge in [0.15, 0.2) is 6.61 Å². The molecule has 0 saturated carbocycles. The van der Waals surface area contributed by atoms with E-state index in [-0.39, 0.29) is 40.7 Å². The number of carbonyl (C=O) groups is 4. The van der Waals surface area contributed by atoms with Crippen molar-refractivity contribution < 1.29 is 42.2 Å². The van der Waals surface area contributed by atoms with Crippen LogP contribution in [0, 0.1) is 0 Å². The van der Waals surface area contributed by atoms with Crippen LogP contribution in [0.1, 0.15) is 10.4 Å². The number of carboxylic acid groups (broad SMARTS) is 1. The van der Waals surface area contributed by atoms with Crippen LogP contribution in [0.5, 0.6) is 5.75 Å². The van der Waals surface area contributed by atoms with Gasteiger partial charge >= 0.3 is 11.9 Å². The molecule has 0 spiro atoms. The minimum absolute atomic E-state index is 0.0224. The maximum absolute atomic E-state index is 12.8. The van der Waals surface area contributed by atoms with Crippen LogP contribution in [0.2, 0.25) is 0 Å². The molecule has 1 aliphatic heterocycles. The molecule has 174 valence electrons. The minimum Gasteiger partial charge on any atom is -0.482 e. The van der Waals surface area contributed by atoms with Crippen molar-refractivity contribution in [1.82, 2.24) is 5.32 Å². The SMILES string of the molecule is COC(=O)CNC(=O)c1ccc(NS(=O)(=O)c2ccc3c(c2)N(CC(=O)O)C(=O)CO3)cc1. The molecule has 0 bridgehead atoms. The van der Waals surface area contributed by atoms with E-state index in [1.807, 2.05) is 0 Å². The number of nitrogens with zero attached hydrogens (tertiary/aromatic N) is 1. The molecule has 0 fully saturated rings. The number of rotatable bonds is 8. The van der Waals surface area contributed by atoms with E-state index in [9.17, 15) is 27.6 Å². The van der Waals surface area contributed by atoms with Crippen molar-refractivity contribution in [2.75, 3.05) is 36.4 Å². The monoisotopic (exact) mass is 477 g/mol. The fraction of sp³-hybridized carbons (Fsp3) is 0.200. The summed E-state index contributed by atoms with van der Waals surface area (Å²) in [5.41, 5.74) is 0.358. The van der Waals surface area contributed by atoms with Gasteiger partial charge in [-0.2, -0.15) is 0 Å². The minimum atomic E-state index is -4.13. The first-order valence-corrected chi connectivity index (χ1v) is 10.9. The van der Waals surface area contributed by atoms with Gasteiger partial charge in [0, 0.05) is 11.3 Å². The molecule has 3 rings (SSSR count). The zero-order valence-corrected chi connectivity index (χ0v) is 18.0. The van der Waals surface area contributed by atoms with Gasteiger partial charge in [-0.15, -0.1) is 0 Å². The number of aliphatic carboxylic acids is 1. The Morgan fingerprint density at radius 1 is 1.15 bits per heavy atom. The Hall–Kier alpha value is -4.13. The van der Waals surface area contributed by atoms with Gasteiger partial charge in [0.1, 0.15) is 18.8 Å². The van der Waals surface area contributed by atoms with Gasteiger partial charge in [-0.05, 0) is 42.5 Å². The number of sulfonamides is 1. The van der Waals surface area contributed by atoms with Crippen molar-refractivity contribution in [3.05, 3.63) is 48.0 Å². The van der Waals surface area contributed by atoms with Crippen molar-refractivity contribution in [1.29, 1.82) is 0 Å². The first kappa shape index (κ1) is 23.5. The normalized spacial score (nSPS) is 12.9. The summed E-state index contributed by atoms with van der Waals surface area (Å²) in [5.74, 6) is -2.87. The fourth-order valence-corrected chi connectivity index (χ4v) is 3.97. The van der Waals surface area contributed by atoms with Crippen LogP contribution in [0.15, 0.2) is 47.4 Å². The summed E-state index contributed by atoms with van der Waals surface area (Å²) < 4.78 is 37.7. The highest BCUT2D eigenvalue weighted by atomic mass is 32.2. The average molecular weight is 477 g/mol. The van der Waals surface area contributed by atoms with Crippen LogP contribution in [-0.2, 0) is 29.1 Å². The predicted octanol–water partition coefficient (Wildman–Crippen LogP) is 0.200. The first-order valence-electron chi connectivity index (χ1n) is 9.37. The van der Waals surface area contributed by atoms with Crippen LogP contribution >= 0.6 is 0 Å². The predicted molar refractivity (Wildman–Crippen MR) is 114 cm³/mol. The van der Waals surface area contributed by atoms with E-state index in [0.717, 1.165) is 11.0 Å². The maximum Gasteiger partial charge on any atom is 0.325 e. The average Bonchev–Trinajstić information content (AvgIpc) is 2.78. The molecule has 0 aromatic heterocycles. The number of fused-ring (bicyclic) bond motifs is 1. The quantitative estimate of drug-likeness (QED) is 0.450. The Bertz CT molecular complexity index is 1210. The summed E-state index contributed by atoms with van der Waals surface area (Å²) in [6, 6.07) is 9.16. The molecule has 2 aromatic carbocycles. The Morgan fingerprint density at radius 3 is 2.48 bits per heavy atom. The number of carboxylic acids is 1. The highest BCUT2D eigenvalue weighted by Gasteiger charge is 2.29. The Labute approximate surface area is 188 Å². The second-order valence-corrected chi connectivity index (χ2v) is 8.42. The van der Waals surface area contributed by atoms with Gasteiger partial charge in [-0.25, -0.2) is 8.42 Å². The summed E-state index contributed by atoms with van der Waals surface area (Å²) in [5, 5.41) is 11.4. The highest BCUT2D eigenvalue weighted by Crippen LogP contribution is 2.34. The van der Waals surface area contributed by atoms with Gasteiger partial charge < -0.3 is 19.9 Å². The lowest BCUT2D eigenvalue weighted by molar-refractivity contribution is -0.139. The summed E-state index contributed by atoms with van der Waals surface area (Å²) in [7, 11) is -2.94. The Balaban J connectivity index is 1.78. The van der Waals surface area contributed by atoms with E-state index in [0.29, 0.717) is 0 Å². The van der Waals surface area contributed by atoms with Gasteiger partial charge in [0.25, 0.3) is 21.8 Å². The number of amides is 2. The lowest BCUT2D eigenvalue weighted by atomic mass is 10.2. The van der Waals surface area contributed by atoms with E-state index in [1.54, 1.807) is 0 Å². The molecule has 0 unspecified atom stereocenters. The molecule has 1 aliphatic rings. The Morgan fingerprint density at radius 2 is 1.85 bits per heavy atom. The zero-order chi connectivity index (χ0) is 24.2. The number of nitrogens with one attached hydrogen (secondary N) is 2. The second-order valence-electron chi connectivity index (χ2n) is 6.73. The standard InChI is InChI=1S/C20H19N3O9S/c1-31-19(27)9-21-20(28)12-2-4-13(5-3-12)22-33(29,30)14-6-7-16-15(8-14)23(10-18(25)26)17(24)11-32-16/h2-8,22H,9-11H2,1H3,(H,21,28)(H,25,26). The van der Waals surface area contributed by atoms with Gasteiger partial charge in [-0.3, -0.25) is 28.8 Å². The third-order valence-electron chi connectivity index (χ3n) is 4.50. The third-order valence-corrected chi connectivity index (χ3v) is 5.88. The number of hydrogen-bond acceptors (Lipinski definition) is 8. The van der Waals surface area contributed by atoms with E-state index in [2.05, 4.69) is 14.8 Å². The van der Waals surface area contributed by atoms with E-state index < -0.39 is 40.3 Å². The van der Waals surface area contributed by atoms with Crippen LogP contribution in [0.25, 0.3) is 0 Å². The van der Waals surface area contributed by atoms with E-state index >= 15 is 0 Å². The lowest BCUT2D eigenvalue weighted by Crippen LogP contribution is -2.42. The number of methoxy groups -OCH3 is 1. The molecular weight excluding hydrogens is 458 g/mol. The number of esters is 1. The summed E-state index contributed by atoms with van der Waals surface area (Å²) in [4.78, 5) is 47.0. The highest BCUT2D eigenvalue weighted by molar-refractivity contribution is 7.92. The third kappa shape index (κ3) is 5.57. The van der Waals surface area contributed by atoms with Gasteiger partial charge in [0.05, 0.1) is 17.7 Å². The fourth-order valence-electron chi connectivity index (χ4n) is 2.89. The van der Waals surface area contributed by atoms with Crippen molar-refractivity contribution in [2.24, 2.45) is 0 Å². The molecule has 2 amide bonds. The molecule has 13 heteroatoms. The maximum atomic E-state index is 12.8. The molecule has 1 heterocycles. The van der Waals surface area contributed by atoms with E-state index in [4.69, 9.17) is 9.84 Å². The lowest BCUT2D eigenvalue weighted by Gasteiger charge is -2.28. The largest absolute Gasteiger partial charge is 0.482 e. The van der Waals surface area contributed by atoms with E-state index in [1.165, 1.54) is 43.5 Å². The summed E-state index contributed by atoms with van der Waals surface area (Å²) in [6.07, 6.45) is 0. The number of ether oxygens (including phenoxy) is 2. The number of anilines is 2. The molecular formula is C20H19N3O9S. The van der Waals surface area contributed by atoms with Crippen LogP contribution in [0.3, 0.4) is 0 Å². The molecule has 3 N–H and O–H groups in total. The number of carbonyl (C=O) groups excluding carboxylic acids is 3. The molecule has 33 heavy (non-hydrogen) atoms. The molecule has 2 aromatic rings. The van der Waals surface area contributed by atoms with Crippen molar-refractivity contribution in [3.8, 4) is 5.75 Å². The first-order chi connectivity index (χ1) is 15.6. The molecule has 0 atom stereocenters. The van der Waals surface area contributed by atoms with Crippen LogP contribution < -0.4 is 19.7 Å². The molecule has 0 radical (unpaired) electrons. The summed E-state index contributed by atoms with van der Waals surface area (Å²) >= 11 is 0. The smallest absolute Gasteiger partial charge is 0.325 e. The van der Waals surface area contributed by atoms with Gasteiger partial charge in [-0.1, -0.05) is 0 Å². The number of hydrogen-bond donors (Lipinski definition) is 3. The Kier molecular flexibility index (Phi) is 6.82. The summed E-state index contributed by atoms with van der Waals surface area (Å²) in [6.45, 7) is -1.32. The second kappa shape index (κ2) is 9.56. The topological polar surface area (TPSA) is 168 Å². The van der Waals surface area contributed by atoms with Crippen LogP contribution in [0.4, 0.5) is 11.4 Å². The van der Waals surface area contributed by atoms with Crippen LogP contribution in [-0.4, -0.2) is 64.1 Å². The molecule has 0 saturated heterocycles. The molecule has 0 aliphatic carbocycles. The van der Waals surface area contributed by atoms with Crippen molar-refractivity contribution >= 4 is 45.2 Å².